The molecule has 198 valence electrons. The number of aliphatic hydroxyl groups is 1. The number of hydrogen-bond acceptors (Lipinski definition) is 9. The van der Waals surface area contributed by atoms with Crippen molar-refractivity contribution in [1.82, 2.24) is 14.6 Å². The normalized spacial score (nSPS) is 26.4. The fraction of sp³-hybridized carbons (Fsp3) is 0.500. The van der Waals surface area contributed by atoms with E-state index < -0.39 is 67.8 Å². The highest BCUT2D eigenvalue weighted by Gasteiger charge is 2.55. The lowest BCUT2D eigenvalue weighted by Gasteiger charge is -2.25. The van der Waals surface area contributed by atoms with E-state index in [2.05, 4.69) is 5.09 Å². The maximum atomic E-state index is 15.4. The number of H-pyrrole nitrogens is 1. The third-order valence-corrected chi connectivity index (χ3v) is 6.90. The van der Waals surface area contributed by atoms with Gasteiger partial charge < -0.3 is 19.1 Å². The lowest BCUT2D eigenvalue weighted by atomic mass is 9.98. The minimum absolute atomic E-state index is 0.152. The Balaban J connectivity index is 1.80. The maximum absolute atomic E-state index is 15.4. The van der Waals surface area contributed by atoms with Crippen LogP contribution < -0.4 is 20.9 Å². The van der Waals surface area contributed by atoms with Crippen molar-refractivity contribution in [3.8, 4) is 5.75 Å². The average Bonchev–Trinajstić information content (AvgIpc) is 3.01. The number of aliphatic hydroxyl groups excluding tert-OH is 1. The van der Waals surface area contributed by atoms with E-state index in [9.17, 15) is 24.1 Å². The fourth-order valence-electron chi connectivity index (χ4n) is 3.47. The van der Waals surface area contributed by atoms with E-state index in [4.69, 9.17) is 18.5 Å². The summed E-state index contributed by atoms with van der Waals surface area (Å²) in [6.45, 7) is 5.07. The Morgan fingerprint density at radius 2 is 1.94 bits per heavy atom. The van der Waals surface area contributed by atoms with Gasteiger partial charge in [-0.3, -0.25) is 23.7 Å². The summed E-state index contributed by atoms with van der Waals surface area (Å²) in [6.07, 6.45) is -4.21. The third-order valence-electron chi connectivity index (χ3n) is 5.26. The molecule has 0 aliphatic carbocycles. The van der Waals surface area contributed by atoms with Gasteiger partial charge in [0.05, 0.1) is 12.7 Å². The summed E-state index contributed by atoms with van der Waals surface area (Å²) in [4.78, 5) is 37.7. The molecule has 0 radical (unpaired) electrons. The molecule has 0 bridgehead atoms. The van der Waals surface area contributed by atoms with Gasteiger partial charge in [-0.05, 0) is 39.8 Å². The number of ether oxygens (including phenoxy) is 2. The lowest BCUT2D eigenvalue weighted by Crippen LogP contribution is -2.43. The van der Waals surface area contributed by atoms with Gasteiger partial charge in [-0.2, -0.15) is 5.09 Å². The molecule has 1 unspecified atom stereocenters. The molecule has 3 N–H and O–H groups in total. The molecule has 0 saturated carbocycles. The van der Waals surface area contributed by atoms with Crippen LogP contribution in [0.4, 0.5) is 4.39 Å². The molecular formula is C22H29FN3O9P. The topological polar surface area (TPSA) is 158 Å². The Morgan fingerprint density at radius 1 is 1.28 bits per heavy atom. The Morgan fingerprint density at radius 3 is 2.56 bits per heavy atom. The second kappa shape index (κ2) is 11.1. The van der Waals surface area contributed by atoms with Crippen LogP contribution >= 0.6 is 7.75 Å². The highest BCUT2D eigenvalue weighted by molar-refractivity contribution is 7.52. The van der Waals surface area contributed by atoms with Gasteiger partial charge in [0.1, 0.15) is 24.0 Å². The molecule has 12 nitrogen and oxygen atoms in total. The third kappa shape index (κ3) is 6.48. The van der Waals surface area contributed by atoms with Crippen LogP contribution in [0.2, 0.25) is 0 Å². The quantitative estimate of drug-likeness (QED) is 0.305. The van der Waals surface area contributed by atoms with Crippen LogP contribution in [0.15, 0.2) is 52.2 Å². The highest BCUT2D eigenvalue weighted by Crippen LogP contribution is 2.47. The van der Waals surface area contributed by atoms with Crippen LogP contribution in [-0.4, -0.2) is 57.3 Å². The average molecular weight is 529 g/mol. The van der Waals surface area contributed by atoms with Crippen LogP contribution in [0.25, 0.3) is 0 Å². The molecule has 0 amide bonds. The number of halogens is 1. The van der Waals surface area contributed by atoms with Gasteiger partial charge in [-0.15, -0.1) is 0 Å². The van der Waals surface area contributed by atoms with Gasteiger partial charge in [-0.1, -0.05) is 18.2 Å². The first-order valence-corrected chi connectivity index (χ1v) is 12.7. The molecule has 1 aromatic carbocycles. The van der Waals surface area contributed by atoms with Gasteiger partial charge >= 0.3 is 19.4 Å². The van der Waals surface area contributed by atoms with Crippen LogP contribution in [0.1, 0.15) is 33.9 Å². The monoisotopic (exact) mass is 529 g/mol. The van der Waals surface area contributed by atoms with Crippen molar-refractivity contribution in [2.45, 2.75) is 63.9 Å². The van der Waals surface area contributed by atoms with Crippen molar-refractivity contribution >= 4 is 13.7 Å². The van der Waals surface area contributed by atoms with Crippen molar-refractivity contribution in [2.24, 2.45) is 0 Å². The smallest absolute Gasteiger partial charge is 0.459 e. The van der Waals surface area contributed by atoms with Crippen LogP contribution in [0.3, 0.4) is 0 Å². The van der Waals surface area contributed by atoms with E-state index in [1.165, 1.54) is 19.1 Å². The number of carbonyl (C=O) groups excluding carboxylic acids is 1. The number of esters is 1. The zero-order chi connectivity index (χ0) is 26.7. The van der Waals surface area contributed by atoms with E-state index in [1.807, 2.05) is 4.98 Å². The minimum Gasteiger partial charge on any atom is -0.462 e. The summed E-state index contributed by atoms with van der Waals surface area (Å²) in [6, 6.07) is 7.86. The molecule has 1 aliphatic heterocycles. The number of aromatic amines is 1. The van der Waals surface area contributed by atoms with E-state index in [1.54, 1.807) is 32.0 Å². The number of alkyl halides is 1. The number of benzene rings is 1. The summed E-state index contributed by atoms with van der Waals surface area (Å²) >= 11 is 0. The SMILES string of the molecule is CC(C)OC(=O)[C@@H](C)NP(=O)(OC[C@H]1O[C@@H](n2ccc(=O)[nH]c2=O)[C@@](C)(F)[C@@H]1O)Oc1ccccc1. The molecule has 1 aromatic heterocycles. The van der Waals surface area contributed by atoms with Crippen molar-refractivity contribution in [3.63, 3.8) is 0 Å². The molecule has 6 atom stereocenters. The molecule has 1 aliphatic rings. The van der Waals surface area contributed by atoms with E-state index >= 15 is 4.39 Å². The molecule has 14 heteroatoms. The maximum Gasteiger partial charge on any atom is 0.459 e. The van der Waals surface area contributed by atoms with Crippen LogP contribution in [0.5, 0.6) is 5.75 Å². The number of carbonyl (C=O) groups is 1. The van der Waals surface area contributed by atoms with Crippen LogP contribution in [-0.2, 0) is 23.4 Å². The zero-order valence-electron chi connectivity index (χ0n) is 20.1. The summed E-state index contributed by atoms with van der Waals surface area (Å²) in [7, 11) is -4.30. The Hall–Kier alpha value is -2.83. The Kier molecular flexibility index (Phi) is 8.52. The fourth-order valence-corrected chi connectivity index (χ4v) is 4.97. The second-order valence-corrected chi connectivity index (χ2v) is 10.4. The van der Waals surface area contributed by atoms with Crippen molar-refractivity contribution in [3.05, 3.63) is 63.4 Å². The second-order valence-electron chi connectivity index (χ2n) is 8.67. The van der Waals surface area contributed by atoms with Gasteiger partial charge in [0.2, 0.25) is 0 Å². The number of nitrogens with zero attached hydrogens (tertiary/aromatic N) is 1. The molecule has 1 saturated heterocycles. The van der Waals surface area contributed by atoms with Crippen molar-refractivity contribution in [1.29, 1.82) is 0 Å². The molecule has 2 aromatic rings. The number of para-hydroxylation sites is 1. The minimum atomic E-state index is -4.30. The predicted molar refractivity (Wildman–Crippen MR) is 125 cm³/mol. The van der Waals surface area contributed by atoms with Crippen LogP contribution in [0, 0.1) is 0 Å². The summed E-state index contributed by atoms with van der Waals surface area (Å²) in [5, 5.41) is 13.0. The lowest BCUT2D eigenvalue weighted by molar-refractivity contribution is -0.149. The first-order valence-electron chi connectivity index (χ1n) is 11.1. The van der Waals surface area contributed by atoms with E-state index in [-0.39, 0.29) is 5.75 Å². The molecular weight excluding hydrogens is 500 g/mol. The summed E-state index contributed by atoms with van der Waals surface area (Å²) in [5.74, 6) is -0.560. The largest absolute Gasteiger partial charge is 0.462 e. The van der Waals surface area contributed by atoms with Gasteiger partial charge in [0.15, 0.2) is 11.9 Å². The summed E-state index contributed by atoms with van der Waals surface area (Å²) in [5.41, 5.74) is -4.12. The van der Waals surface area contributed by atoms with Crippen molar-refractivity contribution < 1.29 is 37.4 Å². The molecule has 0 spiro atoms. The van der Waals surface area contributed by atoms with E-state index in [0.29, 0.717) is 0 Å². The number of nitrogens with one attached hydrogen (secondary N) is 2. The predicted octanol–water partition coefficient (Wildman–Crippen LogP) is 1.66. The van der Waals surface area contributed by atoms with Gasteiger partial charge in [0.25, 0.3) is 5.56 Å². The summed E-state index contributed by atoms with van der Waals surface area (Å²) < 4.78 is 51.4. The number of rotatable bonds is 10. The molecule has 36 heavy (non-hydrogen) atoms. The zero-order valence-corrected chi connectivity index (χ0v) is 21.0. The first kappa shape index (κ1) is 27.8. The Bertz CT molecular complexity index is 1220. The van der Waals surface area contributed by atoms with Gasteiger partial charge in [0, 0.05) is 12.3 Å². The molecule has 3 rings (SSSR count). The van der Waals surface area contributed by atoms with Crippen molar-refractivity contribution in [2.75, 3.05) is 6.61 Å². The standard InChI is InChI=1S/C22H29FN3O9P/c1-13(2)33-19(29)14(3)25-36(31,35-15-8-6-5-7-9-15)32-12-16-18(28)22(4,23)20(34-16)26-11-10-17(27)24-21(26)30/h5-11,13-14,16,18,20,28H,12H2,1-4H3,(H,25,31)(H,24,27,30)/t14-,16-,18-,20-,22+,36?/m1/s1. The number of aromatic nitrogens is 2. The number of hydrogen-bond donors (Lipinski definition) is 3. The molecule has 2 heterocycles. The highest BCUT2D eigenvalue weighted by atomic mass is 31.2. The van der Waals surface area contributed by atoms with E-state index in [0.717, 1.165) is 23.8 Å². The Labute approximate surface area is 205 Å². The first-order chi connectivity index (χ1) is 16.8. The van der Waals surface area contributed by atoms with Gasteiger partial charge in [-0.25, -0.2) is 13.8 Å². The molecule has 1 fully saturated rings.